The molecule has 3 rings (SSSR count). The van der Waals surface area contributed by atoms with E-state index < -0.39 is 11.9 Å². The summed E-state index contributed by atoms with van der Waals surface area (Å²) in [5.74, 6) is -0.344. The van der Waals surface area contributed by atoms with Crippen LogP contribution >= 0.6 is 11.6 Å². The lowest BCUT2D eigenvalue weighted by Crippen LogP contribution is -2.52. The van der Waals surface area contributed by atoms with Gasteiger partial charge in [-0.25, -0.2) is 4.39 Å². The standard InChI is InChI=1S/C28H30ClFN2O3/c1-20(2)17-31-28(34)26(16-21-6-4-3-5-7-21)32(18-22-8-10-23(29)11-9-22)27(33)19-35-25-14-12-24(30)13-15-25/h3-15,20,26H,16-19H2,1-2H3,(H,31,34)/t26-/m0/s1. The summed E-state index contributed by atoms with van der Waals surface area (Å²) in [6.07, 6.45) is 0.348. The maximum absolute atomic E-state index is 13.4. The van der Waals surface area contributed by atoms with E-state index in [1.807, 2.05) is 56.3 Å². The van der Waals surface area contributed by atoms with Gasteiger partial charge in [0, 0.05) is 24.5 Å². The number of hydrogen-bond donors (Lipinski definition) is 1. The van der Waals surface area contributed by atoms with Crippen LogP contribution in [0.25, 0.3) is 0 Å². The minimum Gasteiger partial charge on any atom is -0.484 e. The Bertz CT molecular complexity index is 1090. The van der Waals surface area contributed by atoms with Crippen molar-refractivity contribution in [2.45, 2.75) is 32.9 Å². The van der Waals surface area contributed by atoms with Gasteiger partial charge in [-0.05, 0) is 53.4 Å². The summed E-state index contributed by atoms with van der Waals surface area (Å²) in [5.41, 5.74) is 1.77. The van der Waals surface area contributed by atoms with Crippen LogP contribution < -0.4 is 10.1 Å². The quantitative estimate of drug-likeness (QED) is 0.393. The van der Waals surface area contributed by atoms with Crippen LogP contribution in [0.4, 0.5) is 4.39 Å². The highest BCUT2D eigenvalue weighted by molar-refractivity contribution is 6.30. The maximum atomic E-state index is 13.4. The summed E-state index contributed by atoms with van der Waals surface area (Å²) >= 11 is 6.04. The number of carbonyl (C=O) groups is 2. The molecule has 0 aliphatic heterocycles. The van der Waals surface area contributed by atoms with Gasteiger partial charge in [0.2, 0.25) is 5.91 Å². The molecule has 0 saturated carbocycles. The third-order valence-corrected chi connectivity index (χ3v) is 5.65. The Morgan fingerprint density at radius 3 is 2.23 bits per heavy atom. The average molecular weight is 497 g/mol. The second-order valence-corrected chi connectivity index (χ2v) is 9.17. The van der Waals surface area contributed by atoms with Crippen LogP contribution in [-0.2, 0) is 22.6 Å². The van der Waals surface area contributed by atoms with Crippen molar-refractivity contribution < 1.29 is 18.7 Å². The van der Waals surface area contributed by atoms with Gasteiger partial charge in [-0.3, -0.25) is 9.59 Å². The summed E-state index contributed by atoms with van der Waals surface area (Å²) in [7, 11) is 0. The summed E-state index contributed by atoms with van der Waals surface area (Å²) in [5, 5.41) is 3.56. The third kappa shape index (κ3) is 8.41. The van der Waals surface area contributed by atoms with Gasteiger partial charge in [0.25, 0.3) is 5.91 Å². The predicted molar refractivity (Wildman–Crippen MR) is 136 cm³/mol. The lowest BCUT2D eigenvalue weighted by molar-refractivity contribution is -0.142. The topological polar surface area (TPSA) is 58.6 Å². The van der Waals surface area contributed by atoms with Gasteiger partial charge in [-0.15, -0.1) is 0 Å². The van der Waals surface area contributed by atoms with Crippen LogP contribution in [0.1, 0.15) is 25.0 Å². The molecule has 0 bridgehead atoms. The SMILES string of the molecule is CC(C)CNC(=O)[C@H](Cc1ccccc1)N(Cc1ccc(Cl)cc1)C(=O)COc1ccc(F)cc1. The number of amides is 2. The Hall–Kier alpha value is -3.38. The fraction of sp³-hybridized carbons (Fsp3) is 0.286. The van der Waals surface area contributed by atoms with E-state index in [1.165, 1.54) is 29.2 Å². The van der Waals surface area contributed by atoms with E-state index in [1.54, 1.807) is 12.1 Å². The number of benzene rings is 3. The Morgan fingerprint density at radius 1 is 0.943 bits per heavy atom. The van der Waals surface area contributed by atoms with Crippen molar-refractivity contribution in [2.24, 2.45) is 5.92 Å². The molecule has 2 amide bonds. The predicted octanol–water partition coefficient (Wildman–Crippen LogP) is 5.27. The number of nitrogens with zero attached hydrogens (tertiary/aromatic N) is 1. The van der Waals surface area contributed by atoms with E-state index in [-0.39, 0.29) is 30.9 Å². The Labute approximate surface area is 210 Å². The molecule has 35 heavy (non-hydrogen) atoms. The molecule has 0 spiro atoms. The summed E-state index contributed by atoms with van der Waals surface area (Å²) in [6, 6.07) is 21.4. The minimum absolute atomic E-state index is 0.204. The highest BCUT2D eigenvalue weighted by Crippen LogP contribution is 2.18. The number of halogens is 2. The van der Waals surface area contributed by atoms with Gasteiger partial charge < -0.3 is 15.0 Å². The van der Waals surface area contributed by atoms with Crippen LogP contribution in [-0.4, -0.2) is 35.9 Å². The van der Waals surface area contributed by atoms with Gasteiger partial charge in [0.05, 0.1) is 0 Å². The summed E-state index contributed by atoms with van der Waals surface area (Å²) < 4.78 is 18.9. The van der Waals surface area contributed by atoms with Gasteiger partial charge in [0.1, 0.15) is 17.6 Å². The molecule has 0 aliphatic rings. The first kappa shape index (κ1) is 26.2. The van der Waals surface area contributed by atoms with Gasteiger partial charge in [-0.2, -0.15) is 0 Å². The van der Waals surface area contributed by atoms with E-state index in [9.17, 15) is 14.0 Å². The van der Waals surface area contributed by atoms with Crippen molar-refractivity contribution in [3.05, 3.63) is 101 Å². The molecule has 0 fully saturated rings. The van der Waals surface area contributed by atoms with Crippen LogP contribution in [0.2, 0.25) is 5.02 Å². The first-order valence-electron chi connectivity index (χ1n) is 11.6. The fourth-order valence-corrected chi connectivity index (χ4v) is 3.65. The van der Waals surface area contributed by atoms with Crippen molar-refractivity contribution in [3.8, 4) is 5.75 Å². The first-order valence-corrected chi connectivity index (χ1v) is 11.9. The highest BCUT2D eigenvalue weighted by Gasteiger charge is 2.30. The number of hydrogen-bond acceptors (Lipinski definition) is 3. The molecule has 0 radical (unpaired) electrons. The molecule has 3 aromatic carbocycles. The Kier molecular flexibility index (Phi) is 9.67. The average Bonchev–Trinajstić information content (AvgIpc) is 2.86. The number of rotatable bonds is 11. The molecule has 0 aliphatic carbocycles. The maximum Gasteiger partial charge on any atom is 0.261 e. The van der Waals surface area contributed by atoms with Crippen molar-refractivity contribution in [2.75, 3.05) is 13.2 Å². The molecule has 1 atom stereocenters. The smallest absolute Gasteiger partial charge is 0.261 e. The molecule has 1 N–H and O–H groups in total. The molecule has 3 aromatic rings. The Morgan fingerprint density at radius 2 is 1.60 bits per heavy atom. The molecule has 0 saturated heterocycles. The van der Waals surface area contributed by atoms with Crippen molar-refractivity contribution in [1.29, 1.82) is 0 Å². The summed E-state index contributed by atoms with van der Waals surface area (Å²) in [6.45, 7) is 4.44. The Balaban J connectivity index is 1.88. The molecule has 7 heteroatoms. The van der Waals surface area contributed by atoms with Crippen molar-refractivity contribution >= 4 is 23.4 Å². The zero-order chi connectivity index (χ0) is 25.2. The molecule has 0 heterocycles. The fourth-order valence-electron chi connectivity index (χ4n) is 3.52. The van der Waals surface area contributed by atoms with E-state index in [0.29, 0.717) is 23.7 Å². The first-order chi connectivity index (χ1) is 16.8. The lowest BCUT2D eigenvalue weighted by atomic mass is 10.0. The van der Waals surface area contributed by atoms with Crippen LogP contribution in [0, 0.1) is 11.7 Å². The second kappa shape index (κ2) is 12.9. The van der Waals surface area contributed by atoms with E-state index in [2.05, 4.69) is 5.32 Å². The number of carbonyl (C=O) groups excluding carboxylic acids is 2. The molecule has 0 aromatic heterocycles. The van der Waals surface area contributed by atoms with Crippen molar-refractivity contribution in [1.82, 2.24) is 10.2 Å². The molecule has 0 unspecified atom stereocenters. The zero-order valence-electron chi connectivity index (χ0n) is 19.9. The van der Waals surface area contributed by atoms with E-state index in [0.717, 1.165) is 11.1 Å². The molecular weight excluding hydrogens is 467 g/mol. The zero-order valence-corrected chi connectivity index (χ0v) is 20.7. The number of nitrogens with one attached hydrogen (secondary N) is 1. The van der Waals surface area contributed by atoms with Crippen LogP contribution in [0.5, 0.6) is 5.75 Å². The molecule has 184 valence electrons. The highest BCUT2D eigenvalue weighted by atomic mass is 35.5. The number of ether oxygens (including phenoxy) is 1. The van der Waals surface area contributed by atoms with E-state index in [4.69, 9.17) is 16.3 Å². The monoisotopic (exact) mass is 496 g/mol. The van der Waals surface area contributed by atoms with E-state index >= 15 is 0 Å². The lowest BCUT2D eigenvalue weighted by Gasteiger charge is -2.31. The molecule has 5 nitrogen and oxygen atoms in total. The van der Waals surface area contributed by atoms with Crippen LogP contribution in [0.3, 0.4) is 0 Å². The largest absolute Gasteiger partial charge is 0.484 e. The van der Waals surface area contributed by atoms with Gasteiger partial charge >= 0.3 is 0 Å². The normalized spacial score (nSPS) is 11.7. The minimum atomic E-state index is -0.754. The summed E-state index contributed by atoms with van der Waals surface area (Å²) in [4.78, 5) is 28.3. The third-order valence-electron chi connectivity index (χ3n) is 5.40. The second-order valence-electron chi connectivity index (χ2n) is 8.74. The van der Waals surface area contributed by atoms with Crippen molar-refractivity contribution in [3.63, 3.8) is 0 Å². The van der Waals surface area contributed by atoms with Crippen LogP contribution in [0.15, 0.2) is 78.9 Å². The molecular formula is C28H30ClFN2O3. The van der Waals surface area contributed by atoms with Gasteiger partial charge in [0.15, 0.2) is 6.61 Å². The van der Waals surface area contributed by atoms with Gasteiger partial charge in [-0.1, -0.05) is 67.9 Å².